The van der Waals surface area contributed by atoms with Gasteiger partial charge in [0.1, 0.15) is 10.7 Å². The maximum Gasteiger partial charge on any atom is 0.256 e. The summed E-state index contributed by atoms with van der Waals surface area (Å²) in [6, 6.07) is 8.85. The molecule has 0 spiro atoms. The first-order valence-electron chi connectivity index (χ1n) is 11.2. The monoisotopic (exact) mass is 492 g/mol. The van der Waals surface area contributed by atoms with Crippen molar-refractivity contribution in [2.75, 3.05) is 26.1 Å². The highest BCUT2D eigenvalue weighted by molar-refractivity contribution is 7.09. The van der Waals surface area contributed by atoms with Crippen molar-refractivity contribution >= 4 is 39.9 Å². The first kappa shape index (κ1) is 24.5. The van der Waals surface area contributed by atoms with Crippen LogP contribution in [0.1, 0.15) is 40.9 Å². The minimum Gasteiger partial charge on any atom is -0.383 e. The summed E-state index contributed by atoms with van der Waals surface area (Å²) in [6.07, 6.45) is 1.70. The third kappa shape index (κ3) is 5.08. The van der Waals surface area contributed by atoms with E-state index < -0.39 is 0 Å². The molecule has 1 atom stereocenters. The fourth-order valence-electron chi connectivity index (χ4n) is 3.89. The number of hydrogen-bond acceptors (Lipinski definition) is 7. The molecule has 10 heteroatoms. The molecule has 0 aliphatic carbocycles. The molecule has 0 fully saturated rings. The number of carbonyl (C=O) groups is 2. The standard InChI is InChI=1S/C25H28N6O3S/c1-15-14-35-24(27-15)16(2)30(4)25(33)19-12-18(28-17(3)32)13-21-22(19)31(10-11-34-5)23(29-21)20-8-6-7-9-26-20/h6-9,12-14,16H,10-11H2,1-5H3,(H,28,32)/t16-/m1/s1. The van der Waals surface area contributed by atoms with Gasteiger partial charge >= 0.3 is 0 Å². The normalized spacial score (nSPS) is 12.0. The molecule has 0 radical (unpaired) electrons. The number of ether oxygens (including phenoxy) is 1. The first-order chi connectivity index (χ1) is 16.8. The van der Waals surface area contributed by atoms with E-state index in [1.165, 1.54) is 18.3 Å². The maximum atomic E-state index is 13.9. The molecule has 0 bridgehead atoms. The Morgan fingerprint density at radius 3 is 2.69 bits per heavy atom. The molecule has 9 nitrogen and oxygen atoms in total. The summed E-state index contributed by atoms with van der Waals surface area (Å²) in [7, 11) is 3.39. The number of pyridine rings is 1. The number of nitrogens with one attached hydrogen (secondary N) is 1. The predicted molar refractivity (Wildman–Crippen MR) is 137 cm³/mol. The van der Waals surface area contributed by atoms with Crippen molar-refractivity contribution in [2.24, 2.45) is 0 Å². The lowest BCUT2D eigenvalue weighted by molar-refractivity contribution is -0.114. The van der Waals surface area contributed by atoms with Crippen molar-refractivity contribution in [2.45, 2.75) is 33.4 Å². The average Bonchev–Trinajstić information content (AvgIpc) is 3.44. The van der Waals surface area contributed by atoms with Crippen LogP contribution in [0.25, 0.3) is 22.6 Å². The lowest BCUT2D eigenvalue weighted by Crippen LogP contribution is -2.30. The Morgan fingerprint density at radius 2 is 2.06 bits per heavy atom. The van der Waals surface area contributed by atoms with Crippen molar-refractivity contribution in [3.8, 4) is 11.5 Å². The zero-order valence-electron chi connectivity index (χ0n) is 20.4. The van der Waals surface area contributed by atoms with Gasteiger partial charge in [0.25, 0.3) is 5.91 Å². The number of thiazole rings is 1. The Morgan fingerprint density at radius 1 is 1.26 bits per heavy atom. The molecule has 0 aliphatic rings. The van der Waals surface area contributed by atoms with Crippen LogP contribution in [0.3, 0.4) is 0 Å². The van der Waals surface area contributed by atoms with Crippen molar-refractivity contribution in [1.82, 2.24) is 24.4 Å². The van der Waals surface area contributed by atoms with E-state index in [-0.39, 0.29) is 17.9 Å². The molecule has 0 saturated carbocycles. The topological polar surface area (TPSA) is 102 Å². The van der Waals surface area contributed by atoms with E-state index in [4.69, 9.17) is 9.72 Å². The number of amides is 2. The zero-order chi connectivity index (χ0) is 25.1. The summed E-state index contributed by atoms with van der Waals surface area (Å²) in [5.74, 6) is 0.193. The van der Waals surface area contributed by atoms with Gasteiger partial charge in [0, 0.05) is 50.6 Å². The Bertz CT molecular complexity index is 1360. The highest BCUT2D eigenvalue weighted by atomic mass is 32.1. The molecule has 35 heavy (non-hydrogen) atoms. The van der Waals surface area contributed by atoms with Crippen molar-refractivity contribution in [3.63, 3.8) is 0 Å². The minimum absolute atomic E-state index is 0.200. The molecule has 4 rings (SSSR count). The third-order valence-corrected chi connectivity index (χ3v) is 6.83. The smallest absolute Gasteiger partial charge is 0.256 e. The number of rotatable bonds is 8. The van der Waals surface area contributed by atoms with E-state index in [0.29, 0.717) is 47.0 Å². The Labute approximate surface area is 207 Å². The number of benzene rings is 1. The van der Waals surface area contributed by atoms with Crippen LogP contribution in [0, 0.1) is 6.92 Å². The molecule has 0 saturated heterocycles. The van der Waals surface area contributed by atoms with E-state index in [1.807, 2.05) is 42.0 Å². The van der Waals surface area contributed by atoms with E-state index >= 15 is 0 Å². The molecule has 1 N–H and O–H groups in total. The van der Waals surface area contributed by atoms with Crippen LogP contribution in [-0.4, -0.2) is 57.0 Å². The molecular formula is C25H28N6O3S. The number of fused-ring (bicyclic) bond motifs is 1. The van der Waals surface area contributed by atoms with Gasteiger partial charge in [-0.25, -0.2) is 9.97 Å². The first-order valence-corrected chi connectivity index (χ1v) is 12.1. The quantitative estimate of drug-likeness (QED) is 0.393. The van der Waals surface area contributed by atoms with E-state index in [9.17, 15) is 9.59 Å². The van der Waals surface area contributed by atoms with Crippen LogP contribution < -0.4 is 5.32 Å². The van der Waals surface area contributed by atoms with Crippen LogP contribution in [0.2, 0.25) is 0 Å². The number of imidazole rings is 1. The van der Waals surface area contributed by atoms with Gasteiger partial charge in [0.2, 0.25) is 5.91 Å². The maximum absolute atomic E-state index is 13.9. The Kier molecular flexibility index (Phi) is 7.23. The number of carbonyl (C=O) groups excluding carboxylic acids is 2. The number of nitrogens with zero attached hydrogens (tertiary/aromatic N) is 5. The molecular weight excluding hydrogens is 464 g/mol. The second-order valence-electron chi connectivity index (χ2n) is 8.29. The summed E-state index contributed by atoms with van der Waals surface area (Å²) in [6.45, 7) is 6.22. The number of hydrogen-bond donors (Lipinski definition) is 1. The lowest BCUT2D eigenvalue weighted by atomic mass is 10.1. The van der Waals surface area contributed by atoms with Crippen molar-refractivity contribution in [1.29, 1.82) is 0 Å². The van der Waals surface area contributed by atoms with Crippen LogP contribution in [-0.2, 0) is 16.1 Å². The molecule has 2 amide bonds. The highest BCUT2D eigenvalue weighted by Gasteiger charge is 2.26. The van der Waals surface area contributed by atoms with E-state index in [1.54, 1.807) is 37.4 Å². The summed E-state index contributed by atoms with van der Waals surface area (Å²) in [4.78, 5) is 41.2. The SMILES string of the molecule is COCCn1c(-c2ccccn2)nc2cc(NC(C)=O)cc(C(=O)N(C)[C@H](C)c3nc(C)cs3)c21. The summed E-state index contributed by atoms with van der Waals surface area (Å²) < 4.78 is 7.31. The fraction of sp³-hybridized carbons (Fsp3) is 0.320. The summed E-state index contributed by atoms with van der Waals surface area (Å²) in [5.41, 5.74) is 3.78. The number of methoxy groups -OCH3 is 1. The summed E-state index contributed by atoms with van der Waals surface area (Å²) >= 11 is 1.53. The van der Waals surface area contributed by atoms with Gasteiger partial charge in [0.15, 0.2) is 5.82 Å². The largest absolute Gasteiger partial charge is 0.383 e. The second kappa shape index (κ2) is 10.3. The highest BCUT2D eigenvalue weighted by Crippen LogP contribution is 2.32. The molecule has 3 aromatic heterocycles. The average molecular weight is 493 g/mol. The van der Waals surface area contributed by atoms with Gasteiger partial charge in [-0.1, -0.05) is 6.07 Å². The molecule has 3 heterocycles. The van der Waals surface area contributed by atoms with Crippen molar-refractivity contribution in [3.05, 3.63) is 58.2 Å². The van der Waals surface area contributed by atoms with Crippen molar-refractivity contribution < 1.29 is 14.3 Å². The third-order valence-electron chi connectivity index (χ3n) is 5.70. The number of aryl methyl sites for hydroxylation is 1. The molecule has 1 aromatic carbocycles. The minimum atomic E-state index is -0.230. The van der Waals surface area contributed by atoms with E-state index in [2.05, 4.69) is 15.3 Å². The van der Waals surface area contributed by atoms with Gasteiger partial charge in [-0.2, -0.15) is 0 Å². The zero-order valence-corrected chi connectivity index (χ0v) is 21.2. The van der Waals surface area contributed by atoms with Gasteiger partial charge in [0.05, 0.1) is 29.2 Å². The molecule has 0 unspecified atom stereocenters. The van der Waals surface area contributed by atoms with Crippen LogP contribution in [0.5, 0.6) is 0 Å². The van der Waals surface area contributed by atoms with Gasteiger partial charge in [-0.15, -0.1) is 11.3 Å². The number of anilines is 1. The second-order valence-corrected chi connectivity index (χ2v) is 9.18. The Balaban J connectivity index is 1.90. The Hall–Kier alpha value is -3.63. The van der Waals surface area contributed by atoms with Crippen LogP contribution in [0.15, 0.2) is 41.9 Å². The van der Waals surface area contributed by atoms with Gasteiger partial charge in [-0.05, 0) is 38.1 Å². The molecule has 182 valence electrons. The van der Waals surface area contributed by atoms with Crippen LogP contribution >= 0.6 is 11.3 Å². The van der Waals surface area contributed by atoms with E-state index in [0.717, 1.165) is 10.7 Å². The van der Waals surface area contributed by atoms with Gasteiger partial charge in [-0.3, -0.25) is 14.6 Å². The fourth-order valence-corrected chi connectivity index (χ4v) is 4.79. The molecule has 0 aliphatic heterocycles. The number of aromatic nitrogens is 4. The van der Waals surface area contributed by atoms with Gasteiger partial charge < -0.3 is 19.5 Å². The van der Waals surface area contributed by atoms with Crippen LogP contribution in [0.4, 0.5) is 5.69 Å². The summed E-state index contributed by atoms with van der Waals surface area (Å²) in [5, 5.41) is 5.62. The lowest BCUT2D eigenvalue weighted by Gasteiger charge is -2.24. The predicted octanol–water partition coefficient (Wildman–Crippen LogP) is 4.30. The molecule has 4 aromatic rings.